The van der Waals surface area contributed by atoms with E-state index in [-0.39, 0.29) is 5.91 Å². The van der Waals surface area contributed by atoms with Crippen LogP contribution in [-0.4, -0.2) is 74.2 Å². The maximum atomic E-state index is 12.6. The van der Waals surface area contributed by atoms with E-state index in [1.165, 1.54) is 38.8 Å². The maximum Gasteiger partial charge on any atom is 0.490 e. The number of alkyl halides is 3. The number of hydrogen-bond donors (Lipinski definition) is 1. The SMILES string of the molecule is Cn1ccnc1C(=O)N1CCC2(CCCN2CC2CC2)CC1.O=C(O)C(F)(F)F. The summed E-state index contributed by atoms with van der Waals surface area (Å²) in [4.78, 5) is 30.4. The van der Waals surface area contributed by atoms with Gasteiger partial charge in [0.15, 0.2) is 5.82 Å². The summed E-state index contributed by atoms with van der Waals surface area (Å²) in [6.07, 6.45) is 6.24. The van der Waals surface area contributed by atoms with Crippen molar-refractivity contribution >= 4 is 11.9 Å². The lowest BCUT2D eigenvalue weighted by atomic mass is 9.84. The van der Waals surface area contributed by atoms with Crippen LogP contribution in [0.15, 0.2) is 12.4 Å². The molecule has 1 aromatic heterocycles. The van der Waals surface area contributed by atoms with Gasteiger partial charge >= 0.3 is 12.1 Å². The van der Waals surface area contributed by atoms with E-state index >= 15 is 0 Å². The monoisotopic (exact) mass is 416 g/mol. The first-order valence-electron chi connectivity index (χ1n) is 9.94. The van der Waals surface area contributed by atoms with E-state index in [1.54, 1.807) is 6.20 Å². The summed E-state index contributed by atoms with van der Waals surface area (Å²) in [5.41, 5.74) is 0.390. The van der Waals surface area contributed by atoms with Crippen LogP contribution in [0.1, 0.15) is 49.1 Å². The predicted octanol–water partition coefficient (Wildman–Crippen LogP) is 2.53. The second kappa shape index (κ2) is 8.33. The molecule has 2 aliphatic heterocycles. The number of carboxylic acid groups (broad SMARTS) is 1. The highest BCUT2D eigenvalue weighted by molar-refractivity contribution is 5.90. The van der Waals surface area contributed by atoms with Gasteiger partial charge in [0, 0.05) is 44.6 Å². The summed E-state index contributed by atoms with van der Waals surface area (Å²) in [6, 6.07) is 0. The van der Waals surface area contributed by atoms with Crippen LogP contribution in [0.5, 0.6) is 0 Å². The van der Waals surface area contributed by atoms with E-state index in [4.69, 9.17) is 9.90 Å². The molecule has 162 valence electrons. The summed E-state index contributed by atoms with van der Waals surface area (Å²) < 4.78 is 33.6. The Bertz CT molecular complexity index is 737. The number of aromatic nitrogens is 2. The van der Waals surface area contributed by atoms with Gasteiger partial charge in [0.2, 0.25) is 0 Å². The van der Waals surface area contributed by atoms with Crippen molar-refractivity contribution in [3.8, 4) is 0 Å². The van der Waals surface area contributed by atoms with Crippen LogP contribution in [-0.2, 0) is 11.8 Å². The molecule has 1 saturated carbocycles. The molecule has 7 nitrogen and oxygen atoms in total. The Hall–Kier alpha value is -2.10. The second-order valence-electron chi connectivity index (χ2n) is 8.17. The number of nitrogens with zero attached hydrogens (tertiary/aromatic N) is 4. The number of aliphatic carboxylic acids is 1. The summed E-state index contributed by atoms with van der Waals surface area (Å²) in [6.45, 7) is 4.33. The van der Waals surface area contributed by atoms with Gasteiger partial charge < -0.3 is 14.6 Å². The second-order valence-corrected chi connectivity index (χ2v) is 8.17. The lowest BCUT2D eigenvalue weighted by Gasteiger charge is -2.45. The Morgan fingerprint density at radius 3 is 2.31 bits per heavy atom. The van der Waals surface area contributed by atoms with Crippen LogP contribution in [0, 0.1) is 5.92 Å². The highest BCUT2D eigenvalue weighted by Crippen LogP contribution is 2.41. The largest absolute Gasteiger partial charge is 0.490 e. The lowest BCUT2D eigenvalue weighted by molar-refractivity contribution is -0.192. The smallest absolute Gasteiger partial charge is 0.475 e. The van der Waals surface area contributed by atoms with Crippen LogP contribution in [0.4, 0.5) is 13.2 Å². The molecule has 10 heteroatoms. The Labute approximate surface area is 167 Å². The minimum Gasteiger partial charge on any atom is -0.475 e. The number of rotatable bonds is 3. The van der Waals surface area contributed by atoms with Crippen LogP contribution >= 0.6 is 0 Å². The Morgan fingerprint density at radius 2 is 1.83 bits per heavy atom. The fourth-order valence-electron chi connectivity index (χ4n) is 4.30. The van der Waals surface area contributed by atoms with Crippen molar-refractivity contribution in [1.29, 1.82) is 0 Å². The van der Waals surface area contributed by atoms with E-state index in [2.05, 4.69) is 9.88 Å². The molecular formula is C19H27F3N4O3. The van der Waals surface area contributed by atoms with Gasteiger partial charge in [-0.25, -0.2) is 9.78 Å². The summed E-state index contributed by atoms with van der Waals surface area (Å²) >= 11 is 0. The number of hydrogen-bond acceptors (Lipinski definition) is 4. The van der Waals surface area contributed by atoms with Gasteiger partial charge in [-0.2, -0.15) is 13.2 Å². The Kier molecular flexibility index (Phi) is 6.21. The van der Waals surface area contributed by atoms with Crippen LogP contribution in [0.25, 0.3) is 0 Å². The fraction of sp³-hybridized carbons (Fsp3) is 0.737. The molecule has 0 radical (unpaired) electrons. The van der Waals surface area contributed by atoms with Crippen molar-refractivity contribution in [1.82, 2.24) is 19.4 Å². The first-order chi connectivity index (χ1) is 13.6. The van der Waals surface area contributed by atoms with Crippen LogP contribution in [0.2, 0.25) is 0 Å². The highest BCUT2D eigenvalue weighted by atomic mass is 19.4. The molecule has 0 atom stereocenters. The third kappa shape index (κ3) is 5.09. The summed E-state index contributed by atoms with van der Waals surface area (Å²) in [7, 11) is 1.89. The third-order valence-corrected chi connectivity index (χ3v) is 6.15. The number of carbonyl (C=O) groups excluding carboxylic acids is 1. The topological polar surface area (TPSA) is 78.7 Å². The van der Waals surface area contributed by atoms with Gasteiger partial charge in [0.1, 0.15) is 0 Å². The van der Waals surface area contributed by atoms with Crippen LogP contribution < -0.4 is 0 Å². The zero-order chi connectivity index (χ0) is 21.2. The molecule has 1 amide bonds. The number of piperidine rings is 1. The standard InChI is InChI=1S/C17H26N4O.C2HF3O2/c1-19-12-8-18-15(19)16(22)20-10-6-17(7-11-20)5-2-9-21(17)13-14-3-4-14;3-2(4,5)1(6)7/h8,12,14H,2-7,9-11,13H2,1H3;(H,6,7). The van der Waals surface area contributed by atoms with E-state index in [1.807, 2.05) is 22.7 Å². The number of carbonyl (C=O) groups is 2. The first kappa shape index (κ1) is 21.6. The number of amides is 1. The zero-order valence-corrected chi connectivity index (χ0v) is 16.5. The highest BCUT2D eigenvalue weighted by Gasteiger charge is 2.45. The molecule has 0 bridgehead atoms. The molecule has 0 unspecified atom stereocenters. The quantitative estimate of drug-likeness (QED) is 0.819. The zero-order valence-electron chi connectivity index (χ0n) is 16.5. The minimum atomic E-state index is -5.08. The van der Waals surface area contributed by atoms with E-state index < -0.39 is 12.1 Å². The Balaban J connectivity index is 0.000000298. The van der Waals surface area contributed by atoms with E-state index in [0.717, 1.165) is 31.8 Å². The number of carboxylic acids is 1. The average molecular weight is 416 g/mol. The number of likely N-dealkylation sites (tertiary alicyclic amines) is 2. The van der Waals surface area contributed by atoms with Crippen molar-refractivity contribution in [3.05, 3.63) is 18.2 Å². The molecule has 3 fully saturated rings. The molecule has 29 heavy (non-hydrogen) atoms. The van der Waals surface area contributed by atoms with Gasteiger partial charge in [-0.1, -0.05) is 0 Å². The first-order valence-corrected chi connectivity index (χ1v) is 9.94. The molecule has 0 aromatic carbocycles. The normalized spacial score (nSPS) is 21.7. The molecule has 3 heterocycles. The molecule has 1 aliphatic carbocycles. The Morgan fingerprint density at radius 1 is 1.21 bits per heavy atom. The van der Waals surface area contributed by atoms with Gasteiger partial charge in [-0.15, -0.1) is 0 Å². The summed E-state index contributed by atoms with van der Waals surface area (Å²) in [5, 5.41) is 7.12. The third-order valence-electron chi connectivity index (χ3n) is 6.15. The van der Waals surface area contributed by atoms with Gasteiger partial charge in [-0.3, -0.25) is 9.69 Å². The van der Waals surface area contributed by atoms with E-state index in [0.29, 0.717) is 11.4 Å². The maximum absolute atomic E-state index is 12.6. The summed E-state index contributed by atoms with van der Waals surface area (Å²) in [5.74, 6) is -1.14. The van der Waals surface area contributed by atoms with Crippen molar-refractivity contribution < 1.29 is 27.9 Å². The molecule has 4 rings (SSSR count). The van der Waals surface area contributed by atoms with Gasteiger partial charge in [0.05, 0.1) is 0 Å². The molecule has 1 spiro atoms. The molecule has 2 saturated heterocycles. The number of aryl methyl sites for hydroxylation is 1. The molecule has 3 aliphatic rings. The lowest BCUT2D eigenvalue weighted by Crippen LogP contribution is -2.53. The molecule has 1 aromatic rings. The van der Waals surface area contributed by atoms with Crippen molar-refractivity contribution in [2.45, 2.75) is 50.2 Å². The van der Waals surface area contributed by atoms with Gasteiger partial charge in [-0.05, 0) is 51.0 Å². The number of halogens is 3. The van der Waals surface area contributed by atoms with Crippen molar-refractivity contribution in [3.63, 3.8) is 0 Å². The van der Waals surface area contributed by atoms with Crippen LogP contribution in [0.3, 0.4) is 0 Å². The van der Waals surface area contributed by atoms with E-state index in [9.17, 15) is 18.0 Å². The number of imidazole rings is 1. The molecular weight excluding hydrogens is 389 g/mol. The molecule has 1 N–H and O–H groups in total. The predicted molar refractivity (Wildman–Crippen MR) is 98.3 cm³/mol. The van der Waals surface area contributed by atoms with Crippen molar-refractivity contribution in [2.24, 2.45) is 13.0 Å². The minimum absolute atomic E-state index is 0.0917. The van der Waals surface area contributed by atoms with Crippen molar-refractivity contribution in [2.75, 3.05) is 26.2 Å². The average Bonchev–Trinajstić information content (AvgIpc) is 3.26. The fourth-order valence-corrected chi connectivity index (χ4v) is 4.30. The van der Waals surface area contributed by atoms with Gasteiger partial charge in [0.25, 0.3) is 5.91 Å².